The van der Waals surface area contributed by atoms with Crippen molar-refractivity contribution >= 4 is 5.91 Å². The van der Waals surface area contributed by atoms with E-state index < -0.39 is 0 Å². The van der Waals surface area contributed by atoms with Gasteiger partial charge in [0, 0.05) is 12.0 Å². The van der Waals surface area contributed by atoms with Gasteiger partial charge < -0.3 is 14.3 Å². The fourth-order valence-corrected chi connectivity index (χ4v) is 2.42. The van der Waals surface area contributed by atoms with Crippen molar-refractivity contribution in [2.45, 2.75) is 32.7 Å². The molecule has 3 rings (SSSR count). The molecule has 0 saturated heterocycles. The Morgan fingerprint density at radius 1 is 1.58 bits per heavy atom. The smallest absolute Gasteiger partial charge is 0.274 e. The highest BCUT2D eigenvalue weighted by molar-refractivity contribution is 5.93. The van der Waals surface area contributed by atoms with E-state index in [2.05, 4.69) is 17.4 Å². The Morgan fingerprint density at radius 2 is 2.47 bits per heavy atom. The topological polar surface area (TPSA) is 68.3 Å². The molecule has 2 aromatic heterocycles. The Hall–Kier alpha value is -2.04. The summed E-state index contributed by atoms with van der Waals surface area (Å²) in [4.78, 5) is 12.1. The van der Waals surface area contributed by atoms with Gasteiger partial charge in [-0.15, -0.1) is 0 Å². The fraction of sp³-hybridized carbons (Fsp3) is 0.429. The summed E-state index contributed by atoms with van der Waals surface area (Å²) < 4.78 is 10.4. The number of carbonyl (C=O) groups is 1. The van der Waals surface area contributed by atoms with Crippen molar-refractivity contribution in [3.05, 3.63) is 41.2 Å². The summed E-state index contributed by atoms with van der Waals surface area (Å²) in [7, 11) is 0. The molecule has 2 aromatic rings. The first kappa shape index (κ1) is 12.0. The molecule has 0 aromatic carbocycles. The molecule has 0 bridgehead atoms. The third kappa shape index (κ3) is 2.41. The lowest BCUT2D eigenvalue weighted by molar-refractivity contribution is 0.0938. The summed E-state index contributed by atoms with van der Waals surface area (Å²) in [6, 6.07) is 3.61. The quantitative estimate of drug-likeness (QED) is 0.919. The summed E-state index contributed by atoms with van der Waals surface area (Å²) in [5.41, 5.74) is 1.39. The van der Waals surface area contributed by atoms with Crippen LogP contribution < -0.4 is 5.32 Å². The first-order valence-electron chi connectivity index (χ1n) is 6.52. The number of aryl methyl sites for hydroxylation is 1. The maximum absolute atomic E-state index is 12.1. The van der Waals surface area contributed by atoms with Crippen molar-refractivity contribution in [2.24, 2.45) is 5.92 Å². The molecule has 19 heavy (non-hydrogen) atoms. The molecule has 2 heterocycles. The predicted molar refractivity (Wildman–Crippen MR) is 67.6 cm³/mol. The van der Waals surface area contributed by atoms with E-state index in [4.69, 9.17) is 8.94 Å². The number of fused-ring (bicyclic) bond motifs is 1. The number of furan rings is 1. The van der Waals surface area contributed by atoms with Crippen molar-refractivity contribution in [1.29, 1.82) is 0 Å². The second kappa shape index (κ2) is 4.91. The van der Waals surface area contributed by atoms with Crippen LogP contribution in [0, 0.1) is 5.92 Å². The van der Waals surface area contributed by atoms with Crippen LogP contribution in [0.5, 0.6) is 0 Å². The molecule has 1 N–H and O–H groups in total. The first-order chi connectivity index (χ1) is 9.24. The molecule has 0 spiro atoms. The Kier molecular flexibility index (Phi) is 3.11. The van der Waals surface area contributed by atoms with Crippen LogP contribution in [-0.4, -0.2) is 11.1 Å². The molecule has 0 fully saturated rings. The highest BCUT2D eigenvalue weighted by atomic mass is 16.5. The fourth-order valence-electron chi connectivity index (χ4n) is 2.42. The largest absolute Gasteiger partial charge is 0.467 e. The molecule has 0 aliphatic heterocycles. The Bertz CT molecular complexity index is 572. The lowest BCUT2D eigenvalue weighted by Crippen LogP contribution is -2.25. The molecular formula is C14H16N2O3. The Labute approximate surface area is 111 Å². The van der Waals surface area contributed by atoms with E-state index >= 15 is 0 Å². The predicted octanol–water partition coefficient (Wildman–Crippen LogP) is 2.32. The van der Waals surface area contributed by atoms with Crippen molar-refractivity contribution in [3.8, 4) is 0 Å². The normalized spacial score (nSPS) is 18.1. The van der Waals surface area contributed by atoms with Crippen molar-refractivity contribution in [2.75, 3.05) is 0 Å². The van der Waals surface area contributed by atoms with Gasteiger partial charge in [0.1, 0.15) is 11.5 Å². The Morgan fingerprint density at radius 3 is 3.26 bits per heavy atom. The summed E-state index contributed by atoms with van der Waals surface area (Å²) in [6.07, 6.45) is 4.41. The van der Waals surface area contributed by atoms with Crippen LogP contribution in [0.3, 0.4) is 0 Å². The summed E-state index contributed by atoms with van der Waals surface area (Å²) in [6.45, 7) is 2.55. The van der Waals surface area contributed by atoms with Gasteiger partial charge in [-0.05, 0) is 30.9 Å². The average Bonchev–Trinajstić information content (AvgIpc) is 3.04. The molecule has 1 amide bonds. The van der Waals surface area contributed by atoms with Crippen LogP contribution >= 0.6 is 0 Å². The lowest BCUT2D eigenvalue weighted by atomic mass is 9.88. The number of aromatic nitrogens is 1. The Balaban J connectivity index is 1.72. The molecule has 1 aliphatic rings. The van der Waals surface area contributed by atoms with Crippen LogP contribution in [0.2, 0.25) is 0 Å². The molecule has 1 aliphatic carbocycles. The SMILES string of the molecule is C[C@H]1CCc2onc(C(=O)NCc3ccco3)c2C1. The van der Waals surface area contributed by atoms with Crippen LogP contribution in [-0.2, 0) is 19.4 Å². The highest BCUT2D eigenvalue weighted by Gasteiger charge is 2.26. The monoisotopic (exact) mass is 260 g/mol. The molecular weight excluding hydrogens is 244 g/mol. The third-order valence-electron chi connectivity index (χ3n) is 3.50. The number of rotatable bonds is 3. The second-order valence-electron chi connectivity index (χ2n) is 5.04. The minimum Gasteiger partial charge on any atom is -0.467 e. The maximum atomic E-state index is 12.1. The maximum Gasteiger partial charge on any atom is 0.274 e. The summed E-state index contributed by atoms with van der Waals surface area (Å²) >= 11 is 0. The van der Waals surface area contributed by atoms with E-state index in [-0.39, 0.29) is 5.91 Å². The van der Waals surface area contributed by atoms with Crippen molar-refractivity contribution < 1.29 is 13.7 Å². The van der Waals surface area contributed by atoms with E-state index in [0.29, 0.717) is 18.2 Å². The molecule has 100 valence electrons. The molecule has 1 atom stereocenters. The zero-order valence-corrected chi connectivity index (χ0v) is 10.8. The van der Waals surface area contributed by atoms with Gasteiger partial charge in [0.25, 0.3) is 5.91 Å². The summed E-state index contributed by atoms with van der Waals surface area (Å²) in [5.74, 6) is 1.96. The lowest BCUT2D eigenvalue weighted by Gasteiger charge is -2.16. The number of nitrogens with one attached hydrogen (secondary N) is 1. The van der Waals surface area contributed by atoms with Gasteiger partial charge >= 0.3 is 0 Å². The minimum absolute atomic E-state index is 0.199. The van der Waals surface area contributed by atoms with Gasteiger partial charge in [-0.3, -0.25) is 4.79 Å². The molecule has 5 heteroatoms. The minimum atomic E-state index is -0.199. The second-order valence-corrected chi connectivity index (χ2v) is 5.04. The van der Waals surface area contributed by atoms with Gasteiger partial charge in [-0.2, -0.15) is 0 Å². The van der Waals surface area contributed by atoms with Crippen LogP contribution in [0.15, 0.2) is 27.3 Å². The van der Waals surface area contributed by atoms with Gasteiger partial charge in [0.05, 0.1) is 12.8 Å². The van der Waals surface area contributed by atoms with Crippen LogP contribution in [0.25, 0.3) is 0 Å². The zero-order valence-electron chi connectivity index (χ0n) is 10.8. The first-order valence-corrected chi connectivity index (χ1v) is 6.52. The van der Waals surface area contributed by atoms with Crippen LogP contribution in [0.4, 0.5) is 0 Å². The molecule has 0 saturated carbocycles. The molecule has 0 radical (unpaired) electrons. The van der Waals surface area contributed by atoms with Gasteiger partial charge in [-0.1, -0.05) is 12.1 Å². The highest BCUT2D eigenvalue weighted by Crippen LogP contribution is 2.27. The van der Waals surface area contributed by atoms with Gasteiger partial charge in [0.2, 0.25) is 0 Å². The van der Waals surface area contributed by atoms with E-state index in [1.807, 2.05) is 6.07 Å². The molecule has 5 nitrogen and oxygen atoms in total. The van der Waals surface area contributed by atoms with Crippen molar-refractivity contribution in [3.63, 3.8) is 0 Å². The van der Waals surface area contributed by atoms with Gasteiger partial charge in [0.15, 0.2) is 5.69 Å². The number of carbonyl (C=O) groups excluding carboxylic acids is 1. The summed E-state index contributed by atoms with van der Waals surface area (Å²) in [5, 5.41) is 6.71. The number of amides is 1. The van der Waals surface area contributed by atoms with Crippen molar-refractivity contribution in [1.82, 2.24) is 10.5 Å². The third-order valence-corrected chi connectivity index (χ3v) is 3.50. The van der Waals surface area contributed by atoms with E-state index in [0.717, 1.165) is 36.3 Å². The zero-order chi connectivity index (χ0) is 13.2. The average molecular weight is 260 g/mol. The van der Waals surface area contributed by atoms with Gasteiger partial charge in [-0.25, -0.2) is 0 Å². The van der Waals surface area contributed by atoms with E-state index in [1.165, 1.54) is 0 Å². The number of nitrogens with zero attached hydrogens (tertiary/aromatic N) is 1. The molecule has 0 unspecified atom stereocenters. The van der Waals surface area contributed by atoms with E-state index in [1.54, 1.807) is 12.3 Å². The number of hydrogen-bond acceptors (Lipinski definition) is 4. The van der Waals surface area contributed by atoms with E-state index in [9.17, 15) is 4.79 Å². The van der Waals surface area contributed by atoms with Crippen LogP contribution in [0.1, 0.15) is 40.9 Å². The number of hydrogen-bond donors (Lipinski definition) is 1. The standard InChI is InChI=1S/C14H16N2O3/c1-9-4-5-12-11(7-9)13(16-19-12)14(17)15-8-10-3-2-6-18-10/h2-3,6,9H,4-5,7-8H2,1H3,(H,15,17)/t9-/m0/s1.